The van der Waals surface area contributed by atoms with Crippen molar-refractivity contribution in [2.75, 3.05) is 19.7 Å². The van der Waals surface area contributed by atoms with Gasteiger partial charge in [-0.1, -0.05) is 35.9 Å². The predicted octanol–water partition coefficient (Wildman–Crippen LogP) is 4.59. The highest BCUT2D eigenvalue weighted by atomic mass is 16.5. The third kappa shape index (κ3) is 6.35. The quantitative estimate of drug-likeness (QED) is 0.579. The number of nitrogens with zero attached hydrogens (tertiary/aromatic N) is 1. The molecule has 6 nitrogen and oxygen atoms in total. The first-order chi connectivity index (χ1) is 16.1. The molecule has 4 rings (SSSR count). The second kappa shape index (κ2) is 10.7. The van der Waals surface area contributed by atoms with E-state index in [-0.39, 0.29) is 24.5 Å². The summed E-state index contributed by atoms with van der Waals surface area (Å²) in [7, 11) is 0. The van der Waals surface area contributed by atoms with Gasteiger partial charge in [-0.15, -0.1) is 0 Å². The van der Waals surface area contributed by atoms with Gasteiger partial charge in [0.2, 0.25) is 0 Å². The number of carbonyl (C=O) groups excluding carboxylic acids is 2. The first-order valence-corrected chi connectivity index (χ1v) is 11.2. The van der Waals surface area contributed by atoms with Gasteiger partial charge < -0.3 is 19.7 Å². The molecule has 3 aromatic rings. The summed E-state index contributed by atoms with van der Waals surface area (Å²) in [6, 6.07) is 24.3. The van der Waals surface area contributed by atoms with E-state index in [1.165, 1.54) is 5.56 Å². The molecule has 1 aliphatic heterocycles. The van der Waals surface area contributed by atoms with Crippen LogP contribution >= 0.6 is 0 Å². The fraction of sp³-hybridized carbons (Fsp3) is 0.259. The fourth-order valence-corrected chi connectivity index (χ4v) is 3.71. The van der Waals surface area contributed by atoms with Crippen LogP contribution in [0.5, 0.6) is 17.2 Å². The standard InChI is InChI=1S/C27H28N2O4/c1-20-7-9-24(10-8-20)33-25-13-11-23(12-14-25)32-19-26(30)29-17-15-22(16-18-29)28-27(31)21-5-3-2-4-6-21/h2-14,22H,15-19H2,1H3,(H,28,31). The molecule has 1 aliphatic rings. The molecule has 0 atom stereocenters. The average Bonchev–Trinajstić information content (AvgIpc) is 2.86. The molecule has 0 bridgehead atoms. The zero-order valence-electron chi connectivity index (χ0n) is 18.7. The molecule has 0 aliphatic carbocycles. The van der Waals surface area contributed by atoms with Crippen LogP contribution in [0, 0.1) is 6.92 Å². The fourth-order valence-electron chi connectivity index (χ4n) is 3.71. The molecule has 6 heteroatoms. The number of nitrogens with one attached hydrogen (secondary N) is 1. The molecule has 1 saturated heterocycles. The number of aryl methyl sites for hydroxylation is 1. The molecule has 2 amide bonds. The van der Waals surface area contributed by atoms with E-state index in [9.17, 15) is 9.59 Å². The van der Waals surface area contributed by atoms with Crippen molar-refractivity contribution in [1.29, 1.82) is 0 Å². The number of likely N-dealkylation sites (tertiary alicyclic amines) is 1. The summed E-state index contributed by atoms with van der Waals surface area (Å²) in [5.74, 6) is 1.97. The molecule has 0 saturated carbocycles. The number of amides is 2. The van der Waals surface area contributed by atoms with Crippen molar-refractivity contribution in [3.63, 3.8) is 0 Å². The number of rotatable bonds is 7. The van der Waals surface area contributed by atoms with Crippen molar-refractivity contribution in [2.45, 2.75) is 25.8 Å². The van der Waals surface area contributed by atoms with E-state index >= 15 is 0 Å². The van der Waals surface area contributed by atoms with E-state index < -0.39 is 0 Å². The average molecular weight is 445 g/mol. The Morgan fingerprint density at radius 2 is 1.42 bits per heavy atom. The molecule has 1 fully saturated rings. The van der Waals surface area contributed by atoms with E-state index in [4.69, 9.17) is 9.47 Å². The highest BCUT2D eigenvalue weighted by Crippen LogP contribution is 2.24. The molecule has 1 heterocycles. The number of benzene rings is 3. The molecule has 0 unspecified atom stereocenters. The number of carbonyl (C=O) groups is 2. The Labute approximate surface area is 194 Å². The van der Waals surface area contributed by atoms with Gasteiger partial charge in [0.05, 0.1) is 0 Å². The van der Waals surface area contributed by atoms with Gasteiger partial charge in [-0.3, -0.25) is 9.59 Å². The topological polar surface area (TPSA) is 67.9 Å². The number of piperidine rings is 1. The predicted molar refractivity (Wildman–Crippen MR) is 127 cm³/mol. The Bertz CT molecular complexity index is 1060. The highest BCUT2D eigenvalue weighted by Gasteiger charge is 2.24. The summed E-state index contributed by atoms with van der Waals surface area (Å²) >= 11 is 0. The molecule has 0 radical (unpaired) electrons. The van der Waals surface area contributed by atoms with Crippen molar-refractivity contribution >= 4 is 11.8 Å². The Kier molecular flexibility index (Phi) is 7.25. The van der Waals surface area contributed by atoms with Gasteiger partial charge in [-0.25, -0.2) is 0 Å². The van der Waals surface area contributed by atoms with Crippen molar-refractivity contribution in [1.82, 2.24) is 10.2 Å². The number of hydrogen-bond acceptors (Lipinski definition) is 4. The lowest BCUT2D eigenvalue weighted by atomic mass is 10.0. The summed E-state index contributed by atoms with van der Waals surface area (Å²) in [6.07, 6.45) is 1.46. The SMILES string of the molecule is Cc1ccc(Oc2ccc(OCC(=O)N3CCC(NC(=O)c4ccccc4)CC3)cc2)cc1. The van der Waals surface area contributed by atoms with E-state index in [1.54, 1.807) is 29.2 Å². The van der Waals surface area contributed by atoms with Crippen LogP contribution in [-0.4, -0.2) is 42.5 Å². The number of ether oxygens (including phenoxy) is 2. The summed E-state index contributed by atoms with van der Waals surface area (Å²) in [6.45, 7) is 3.22. The minimum absolute atomic E-state index is 0.0147. The van der Waals surface area contributed by atoms with Gasteiger partial charge in [-0.2, -0.15) is 0 Å². The lowest BCUT2D eigenvalue weighted by molar-refractivity contribution is -0.134. The maximum atomic E-state index is 12.5. The van der Waals surface area contributed by atoms with E-state index in [0.29, 0.717) is 30.2 Å². The third-order valence-electron chi connectivity index (χ3n) is 5.66. The second-order valence-electron chi connectivity index (χ2n) is 8.17. The Morgan fingerprint density at radius 1 is 0.848 bits per heavy atom. The zero-order chi connectivity index (χ0) is 23.0. The Morgan fingerprint density at radius 3 is 2.06 bits per heavy atom. The Balaban J connectivity index is 1.19. The summed E-state index contributed by atoms with van der Waals surface area (Å²) in [4.78, 5) is 26.6. The molecular formula is C27H28N2O4. The van der Waals surface area contributed by atoms with Crippen LogP contribution in [0.15, 0.2) is 78.9 Å². The minimum Gasteiger partial charge on any atom is -0.484 e. The van der Waals surface area contributed by atoms with Crippen LogP contribution in [0.3, 0.4) is 0 Å². The van der Waals surface area contributed by atoms with Gasteiger partial charge in [0, 0.05) is 24.7 Å². The van der Waals surface area contributed by atoms with Crippen molar-refractivity contribution in [2.24, 2.45) is 0 Å². The van der Waals surface area contributed by atoms with E-state index in [2.05, 4.69) is 5.32 Å². The van der Waals surface area contributed by atoms with E-state index in [1.807, 2.05) is 61.5 Å². The van der Waals surface area contributed by atoms with Gasteiger partial charge in [0.25, 0.3) is 11.8 Å². The molecule has 0 spiro atoms. The monoisotopic (exact) mass is 444 g/mol. The van der Waals surface area contributed by atoms with E-state index in [0.717, 1.165) is 18.6 Å². The van der Waals surface area contributed by atoms with Crippen LogP contribution in [-0.2, 0) is 4.79 Å². The molecule has 1 N–H and O–H groups in total. The summed E-state index contributed by atoms with van der Waals surface area (Å²) in [5, 5.41) is 3.06. The smallest absolute Gasteiger partial charge is 0.260 e. The van der Waals surface area contributed by atoms with Gasteiger partial charge in [0.1, 0.15) is 17.2 Å². The molecular weight excluding hydrogens is 416 g/mol. The van der Waals surface area contributed by atoms with Crippen molar-refractivity contribution in [3.8, 4) is 17.2 Å². The lowest BCUT2D eigenvalue weighted by Gasteiger charge is -2.32. The first kappa shape index (κ1) is 22.4. The lowest BCUT2D eigenvalue weighted by Crippen LogP contribution is -2.47. The third-order valence-corrected chi connectivity index (χ3v) is 5.66. The largest absolute Gasteiger partial charge is 0.484 e. The van der Waals surface area contributed by atoms with Crippen molar-refractivity contribution < 1.29 is 19.1 Å². The van der Waals surface area contributed by atoms with Gasteiger partial charge in [0.15, 0.2) is 6.61 Å². The zero-order valence-corrected chi connectivity index (χ0v) is 18.7. The van der Waals surface area contributed by atoms with Crippen LogP contribution in [0.2, 0.25) is 0 Å². The van der Waals surface area contributed by atoms with Crippen molar-refractivity contribution in [3.05, 3.63) is 90.0 Å². The van der Waals surface area contributed by atoms with Crippen LogP contribution in [0.25, 0.3) is 0 Å². The van der Waals surface area contributed by atoms with Gasteiger partial charge in [-0.05, 0) is 68.3 Å². The van der Waals surface area contributed by atoms with Gasteiger partial charge >= 0.3 is 0 Å². The molecule has 170 valence electrons. The molecule has 33 heavy (non-hydrogen) atoms. The summed E-state index contributed by atoms with van der Waals surface area (Å²) in [5.41, 5.74) is 1.83. The second-order valence-corrected chi connectivity index (χ2v) is 8.17. The normalized spacial score (nSPS) is 13.9. The minimum atomic E-state index is -0.0708. The molecule has 3 aromatic carbocycles. The maximum absolute atomic E-state index is 12.5. The van der Waals surface area contributed by atoms with Crippen LogP contribution in [0.1, 0.15) is 28.8 Å². The van der Waals surface area contributed by atoms with Crippen LogP contribution in [0.4, 0.5) is 0 Å². The maximum Gasteiger partial charge on any atom is 0.260 e. The summed E-state index contributed by atoms with van der Waals surface area (Å²) < 4.78 is 11.5. The number of hydrogen-bond donors (Lipinski definition) is 1. The highest BCUT2D eigenvalue weighted by molar-refractivity contribution is 5.94. The molecule has 0 aromatic heterocycles. The Hall–Kier alpha value is -3.80. The first-order valence-electron chi connectivity index (χ1n) is 11.2. The van der Waals surface area contributed by atoms with Crippen LogP contribution < -0.4 is 14.8 Å².